The predicted octanol–water partition coefficient (Wildman–Crippen LogP) is 6.29. The van der Waals surface area contributed by atoms with Crippen LogP contribution in [-0.2, 0) is 19.8 Å². The van der Waals surface area contributed by atoms with Crippen LogP contribution < -0.4 is 14.2 Å². The number of ketones is 1. The Bertz CT molecular complexity index is 1670. The van der Waals surface area contributed by atoms with Gasteiger partial charge in [-0.1, -0.05) is 72.8 Å². The molecule has 0 spiro atoms. The zero-order valence-electron chi connectivity index (χ0n) is 24.2. The second-order valence-electron chi connectivity index (χ2n) is 10.0. The Morgan fingerprint density at radius 1 is 0.814 bits per heavy atom. The third-order valence-corrected chi connectivity index (χ3v) is 6.89. The Balaban J connectivity index is 1.40. The Hall–Kier alpha value is -5.44. The summed E-state index contributed by atoms with van der Waals surface area (Å²) in [6.07, 6.45) is 1.11. The molecule has 1 aromatic heterocycles. The van der Waals surface area contributed by atoms with E-state index in [1.165, 1.54) is 4.68 Å². The Labute approximate surface area is 250 Å². The van der Waals surface area contributed by atoms with Crippen LogP contribution >= 0.6 is 0 Å². The van der Waals surface area contributed by atoms with Crippen molar-refractivity contribution < 1.29 is 24.1 Å². The van der Waals surface area contributed by atoms with E-state index in [-0.39, 0.29) is 18.1 Å². The number of carbonyl (C=O) groups excluding carboxylic acids is 1. The van der Waals surface area contributed by atoms with Gasteiger partial charge in [-0.05, 0) is 64.7 Å². The number of aliphatic hydroxyl groups excluding tert-OH is 1. The van der Waals surface area contributed by atoms with E-state index in [2.05, 4.69) is 15.5 Å². The van der Waals surface area contributed by atoms with E-state index in [4.69, 9.17) is 14.2 Å². The first-order valence-corrected chi connectivity index (χ1v) is 13.7. The maximum Gasteiger partial charge on any atom is 0.228 e. The average Bonchev–Trinajstić information content (AvgIpc) is 3.49. The molecule has 0 amide bonds. The molecule has 9 nitrogen and oxygen atoms in total. The monoisotopic (exact) mass is 576 g/mol. The number of aromatic nitrogens is 4. The smallest absolute Gasteiger partial charge is 0.228 e. The molecule has 0 aliphatic carbocycles. The van der Waals surface area contributed by atoms with Crippen LogP contribution in [0.5, 0.6) is 17.2 Å². The number of allylic oxidation sites excluding steroid dienone is 1. The van der Waals surface area contributed by atoms with Gasteiger partial charge >= 0.3 is 0 Å². The molecule has 0 saturated heterocycles. The molecule has 1 N–H and O–H groups in total. The highest BCUT2D eigenvalue weighted by atomic mass is 16.5. The molecule has 0 unspecified atom stereocenters. The van der Waals surface area contributed by atoms with E-state index >= 15 is 0 Å². The number of aliphatic hydroxyl groups is 1. The van der Waals surface area contributed by atoms with E-state index in [1.54, 1.807) is 19.2 Å². The van der Waals surface area contributed by atoms with Gasteiger partial charge < -0.3 is 19.3 Å². The molecule has 0 aliphatic rings. The molecular weight excluding hydrogens is 544 g/mol. The minimum atomic E-state index is -0.549. The molecule has 1 heterocycles. The van der Waals surface area contributed by atoms with Gasteiger partial charge in [0.05, 0.1) is 13.7 Å². The van der Waals surface area contributed by atoms with Gasteiger partial charge in [-0.15, -0.1) is 5.10 Å². The number of ether oxygens (including phenoxy) is 3. The second kappa shape index (κ2) is 13.5. The predicted molar refractivity (Wildman–Crippen MR) is 162 cm³/mol. The van der Waals surface area contributed by atoms with Crippen molar-refractivity contribution in [3.05, 3.63) is 136 Å². The SMILES string of the molecule is COc1ccc(Cn2nnnc2C(=O)C=C(O)c2cc(OCc3ccccc3)c(C)c(OCc3ccccc3)c2)cc1C. The normalized spacial score (nSPS) is 11.3. The number of methoxy groups -OCH3 is 1. The van der Waals surface area contributed by atoms with Crippen LogP contribution in [0.15, 0.2) is 97.1 Å². The first kappa shape index (κ1) is 29.1. The summed E-state index contributed by atoms with van der Waals surface area (Å²) in [5, 5.41) is 22.7. The Morgan fingerprint density at radius 2 is 1.42 bits per heavy atom. The van der Waals surface area contributed by atoms with Crippen LogP contribution in [-0.4, -0.2) is 38.2 Å². The third kappa shape index (κ3) is 7.26. The van der Waals surface area contributed by atoms with Gasteiger partial charge in [-0.2, -0.15) is 0 Å². The lowest BCUT2D eigenvalue weighted by Crippen LogP contribution is -2.12. The van der Waals surface area contributed by atoms with Crippen molar-refractivity contribution in [2.75, 3.05) is 7.11 Å². The number of benzene rings is 4. The average molecular weight is 577 g/mol. The van der Waals surface area contributed by atoms with Crippen molar-refractivity contribution in [1.29, 1.82) is 0 Å². The highest BCUT2D eigenvalue weighted by molar-refractivity contribution is 6.05. The topological polar surface area (TPSA) is 109 Å². The fourth-order valence-electron chi connectivity index (χ4n) is 4.55. The second-order valence-corrected chi connectivity index (χ2v) is 10.0. The molecule has 0 radical (unpaired) electrons. The van der Waals surface area contributed by atoms with Crippen LogP contribution in [0, 0.1) is 13.8 Å². The zero-order chi connectivity index (χ0) is 30.2. The highest BCUT2D eigenvalue weighted by Crippen LogP contribution is 2.33. The van der Waals surface area contributed by atoms with Gasteiger partial charge in [0.15, 0.2) is 0 Å². The van der Waals surface area contributed by atoms with Gasteiger partial charge in [0.25, 0.3) is 0 Å². The number of nitrogens with zero attached hydrogens (tertiary/aromatic N) is 4. The lowest BCUT2D eigenvalue weighted by atomic mass is 10.1. The number of carbonyl (C=O) groups is 1. The van der Waals surface area contributed by atoms with Crippen molar-refractivity contribution in [2.24, 2.45) is 0 Å². The summed E-state index contributed by atoms with van der Waals surface area (Å²) < 4.78 is 19.0. The van der Waals surface area contributed by atoms with Gasteiger partial charge in [-0.25, -0.2) is 4.68 Å². The van der Waals surface area contributed by atoms with Crippen LogP contribution in [0.2, 0.25) is 0 Å². The highest BCUT2D eigenvalue weighted by Gasteiger charge is 2.18. The van der Waals surface area contributed by atoms with Gasteiger partial charge in [-0.3, -0.25) is 4.79 Å². The van der Waals surface area contributed by atoms with E-state index in [9.17, 15) is 9.90 Å². The fourth-order valence-corrected chi connectivity index (χ4v) is 4.55. The van der Waals surface area contributed by atoms with Crippen molar-refractivity contribution >= 4 is 11.5 Å². The molecule has 0 bridgehead atoms. The molecule has 4 aromatic carbocycles. The molecule has 0 atom stereocenters. The number of hydrogen-bond donors (Lipinski definition) is 1. The van der Waals surface area contributed by atoms with Crippen molar-refractivity contribution in [2.45, 2.75) is 33.6 Å². The van der Waals surface area contributed by atoms with Gasteiger partial charge in [0, 0.05) is 17.2 Å². The lowest BCUT2D eigenvalue weighted by Gasteiger charge is -2.16. The molecule has 0 saturated carbocycles. The third-order valence-electron chi connectivity index (χ3n) is 6.89. The number of tetrazole rings is 1. The molecule has 218 valence electrons. The molecular formula is C34H32N4O5. The first-order valence-electron chi connectivity index (χ1n) is 13.7. The number of aryl methyl sites for hydroxylation is 1. The lowest BCUT2D eigenvalue weighted by molar-refractivity contribution is 0.103. The Morgan fingerprint density at radius 3 is 1.98 bits per heavy atom. The number of hydrogen-bond acceptors (Lipinski definition) is 8. The summed E-state index contributed by atoms with van der Waals surface area (Å²) in [6, 6.07) is 28.6. The van der Waals surface area contributed by atoms with Gasteiger partial charge in [0.1, 0.15) is 36.2 Å². The van der Waals surface area contributed by atoms with Crippen LogP contribution in [0.4, 0.5) is 0 Å². The van der Waals surface area contributed by atoms with E-state index in [0.29, 0.717) is 30.3 Å². The standard InChI is InChI=1S/C34H32N4O5/c1-23-16-27(14-15-31(23)41-3)20-38-34(35-36-37-38)30(40)19-29(39)28-17-32(42-21-25-10-6-4-7-11-25)24(2)33(18-28)43-22-26-12-8-5-9-13-26/h4-19,39H,20-22H2,1-3H3. The molecule has 5 aromatic rings. The molecule has 0 aliphatic heterocycles. The van der Waals surface area contributed by atoms with Crippen LogP contribution in [0.25, 0.3) is 5.76 Å². The minimum Gasteiger partial charge on any atom is -0.507 e. The maximum absolute atomic E-state index is 13.2. The van der Waals surface area contributed by atoms with E-state index in [1.807, 2.05) is 92.7 Å². The summed E-state index contributed by atoms with van der Waals surface area (Å²) in [5.41, 5.74) is 4.96. The minimum absolute atomic E-state index is 0.00626. The molecule has 0 fully saturated rings. The van der Waals surface area contributed by atoms with Gasteiger partial charge in [0.2, 0.25) is 11.6 Å². The molecule has 5 rings (SSSR count). The molecule has 43 heavy (non-hydrogen) atoms. The van der Waals surface area contributed by atoms with E-state index < -0.39 is 5.78 Å². The Kier molecular flexibility index (Phi) is 9.11. The fraction of sp³-hybridized carbons (Fsp3) is 0.176. The summed E-state index contributed by atoms with van der Waals surface area (Å²) in [4.78, 5) is 13.2. The maximum atomic E-state index is 13.2. The summed E-state index contributed by atoms with van der Waals surface area (Å²) in [5.74, 6) is 0.990. The van der Waals surface area contributed by atoms with Crippen molar-refractivity contribution in [3.63, 3.8) is 0 Å². The summed E-state index contributed by atoms with van der Waals surface area (Å²) >= 11 is 0. The van der Waals surface area contributed by atoms with Crippen molar-refractivity contribution in [3.8, 4) is 17.2 Å². The molecule has 9 heteroatoms. The first-order chi connectivity index (χ1) is 20.9. The zero-order valence-corrected chi connectivity index (χ0v) is 24.2. The summed E-state index contributed by atoms with van der Waals surface area (Å²) in [6.45, 7) is 4.75. The van der Waals surface area contributed by atoms with E-state index in [0.717, 1.165) is 39.6 Å². The van der Waals surface area contributed by atoms with Crippen molar-refractivity contribution in [1.82, 2.24) is 20.2 Å². The largest absolute Gasteiger partial charge is 0.507 e. The van der Waals surface area contributed by atoms with Crippen LogP contribution in [0.1, 0.15) is 44.0 Å². The quantitative estimate of drug-likeness (QED) is 0.105. The van der Waals surface area contributed by atoms with Crippen LogP contribution in [0.3, 0.4) is 0 Å². The summed E-state index contributed by atoms with van der Waals surface area (Å²) in [7, 11) is 1.61. The number of rotatable bonds is 12.